The molecule has 0 aliphatic rings. The molecule has 0 aliphatic heterocycles. The first-order valence-corrected chi connectivity index (χ1v) is 16.4. The van der Waals surface area contributed by atoms with Crippen LogP contribution in [0.2, 0.25) is 0 Å². The van der Waals surface area contributed by atoms with Crippen LogP contribution in [-0.2, 0) is 22.6 Å². The van der Waals surface area contributed by atoms with Crippen molar-refractivity contribution in [2.45, 2.75) is 52.0 Å². The molecule has 0 heterocycles. The highest BCUT2D eigenvalue weighted by Gasteiger charge is 2.20. The molecule has 50 heavy (non-hydrogen) atoms. The number of rotatable bonds is 18. The number of carbonyl (C=O) groups excluding carboxylic acids is 3. The normalized spacial score (nSPS) is 10.6. The van der Waals surface area contributed by atoms with Crippen LogP contribution in [0.5, 0.6) is 17.2 Å². The largest absolute Gasteiger partial charge is 0.497 e. The third-order valence-electron chi connectivity index (χ3n) is 7.75. The number of carboxylic acids is 1. The minimum atomic E-state index is -1.19. The summed E-state index contributed by atoms with van der Waals surface area (Å²) >= 11 is 0. The number of carbonyl (C=O) groups is 4. The van der Waals surface area contributed by atoms with Crippen molar-refractivity contribution >= 4 is 29.4 Å². The molecule has 0 bridgehead atoms. The van der Waals surface area contributed by atoms with Crippen molar-refractivity contribution < 1.29 is 42.9 Å². The van der Waals surface area contributed by atoms with Gasteiger partial charge in [-0.15, -0.1) is 0 Å². The molecule has 0 aromatic heterocycles. The highest BCUT2D eigenvalue weighted by Crippen LogP contribution is 2.21. The van der Waals surface area contributed by atoms with Gasteiger partial charge in [0.2, 0.25) is 5.91 Å². The molecule has 0 fully saturated rings. The summed E-state index contributed by atoms with van der Waals surface area (Å²) in [5.41, 5.74) is 1.77. The Morgan fingerprint density at radius 1 is 0.780 bits per heavy atom. The quantitative estimate of drug-likeness (QED) is 0.0634. The second kappa shape index (κ2) is 18.7. The smallest absolute Gasteiger partial charge is 0.343 e. The molecule has 0 aliphatic carbocycles. The van der Waals surface area contributed by atoms with E-state index in [1.807, 2.05) is 0 Å². The lowest BCUT2D eigenvalue weighted by Crippen LogP contribution is -2.35. The Bertz CT molecular complexity index is 1740. The van der Waals surface area contributed by atoms with E-state index >= 15 is 0 Å². The number of hydrogen-bond donors (Lipinski definition) is 2. The molecule has 2 N–H and O–H groups in total. The molecule has 4 aromatic carbocycles. The third kappa shape index (κ3) is 11.5. The van der Waals surface area contributed by atoms with E-state index in [0.29, 0.717) is 34.9 Å². The number of halogens is 1. The van der Waals surface area contributed by atoms with Crippen molar-refractivity contribution in [2.75, 3.05) is 25.6 Å². The van der Waals surface area contributed by atoms with Gasteiger partial charge in [-0.1, -0.05) is 50.8 Å². The second-order valence-electron chi connectivity index (χ2n) is 11.6. The van der Waals surface area contributed by atoms with E-state index in [1.165, 1.54) is 62.8 Å². The van der Waals surface area contributed by atoms with Crippen molar-refractivity contribution in [2.24, 2.45) is 0 Å². The van der Waals surface area contributed by atoms with E-state index in [-0.39, 0.29) is 29.8 Å². The summed E-state index contributed by atoms with van der Waals surface area (Å²) in [5.74, 6) is -1.98. The molecule has 0 saturated carbocycles. The molecule has 11 heteroatoms. The van der Waals surface area contributed by atoms with Crippen molar-refractivity contribution in [3.05, 3.63) is 119 Å². The fraction of sp³-hybridized carbons (Fsp3) is 0.282. The number of esters is 1. The zero-order valence-electron chi connectivity index (χ0n) is 28.2. The first kappa shape index (κ1) is 37.1. The van der Waals surface area contributed by atoms with Gasteiger partial charge in [-0.2, -0.15) is 0 Å². The zero-order chi connectivity index (χ0) is 35.9. The summed E-state index contributed by atoms with van der Waals surface area (Å²) in [5, 5.41) is 12.1. The van der Waals surface area contributed by atoms with Crippen LogP contribution in [0, 0.1) is 5.82 Å². The first-order chi connectivity index (χ1) is 24.1. The molecule has 0 spiro atoms. The fourth-order valence-electron chi connectivity index (χ4n) is 5.05. The van der Waals surface area contributed by atoms with Gasteiger partial charge in [0, 0.05) is 23.9 Å². The van der Waals surface area contributed by atoms with Crippen molar-refractivity contribution in [1.82, 2.24) is 4.90 Å². The molecule has 4 aromatic rings. The van der Waals surface area contributed by atoms with Gasteiger partial charge in [-0.3, -0.25) is 14.4 Å². The van der Waals surface area contributed by atoms with Crippen LogP contribution in [0.4, 0.5) is 10.1 Å². The Hall–Kier alpha value is -5.71. The molecule has 4 rings (SSSR count). The maximum atomic E-state index is 14.2. The topological polar surface area (TPSA) is 131 Å². The van der Waals surface area contributed by atoms with Gasteiger partial charge in [-0.25, -0.2) is 9.18 Å². The van der Waals surface area contributed by atoms with Crippen LogP contribution in [-0.4, -0.2) is 54.0 Å². The predicted octanol–water partition coefficient (Wildman–Crippen LogP) is 7.31. The minimum absolute atomic E-state index is 0.0225. The summed E-state index contributed by atoms with van der Waals surface area (Å²) in [4.78, 5) is 51.3. The Kier molecular flexibility index (Phi) is 13.9. The van der Waals surface area contributed by atoms with Crippen LogP contribution in [0.25, 0.3) is 0 Å². The summed E-state index contributed by atoms with van der Waals surface area (Å²) in [7, 11) is 1.42. The van der Waals surface area contributed by atoms with E-state index in [1.54, 1.807) is 54.6 Å². The Labute approximate surface area is 290 Å². The molecular weight excluding hydrogens is 643 g/mol. The number of hydrogen-bond acceptors (Lipinski definition) is 7. The number of nitrogens with one attached hydrogen (secondary N) is 1. The Morgan fingerprint density at radius 2 is 1.42 bits per heavy atom. The monoisotopic (exact) mass is 684 g/mol. The average molecular weight is 685 g/mol. The SMILES string of the molecule is CCCCCCCOc1ccc(C(=O)Oc2ccc(CN(CC(=O)O)C(=O)c3ccc(NC(=O)Cc4ccc(OC)cc4F)cc3)cc2)cc1. The Morgan fingerprint density at radius 3 is 2.06 bits per heavy atom. The number of unbranched alkanes of at least 4 members (excludes halogenated alkanes) is 4. The lowest BCUT2D eigenvalue weighted by molar-refractivity contribution is -0.137. The molecule has 2 amide bonds. The van der Waals surface area contributed by atoms with Crippen LogP contribution in [0.15, 0.2) is 91.0 Å². The lowest BCUT2D eigenvalue weighted by Gasteiger charge is -2.21. The standard InChI is InChI=1S/C39H41FN2O8/c1-3-4-5-6-7-22-49-32-19-12-29(13-20-32)39(47)50-33-17-8-27(9-18-33)25-42(26-37(44)45)38(46)28-10-15-31(16-11-28)41-36(43)23-30-14-21-34(48-2)24-35(30)40/h8-21,24H,3-7,22-23,25-26H2,1-2H3,(H,41,43)(H,44,45). The number of anilines is 1. The van der Waals surface area contributed by atoms with E-state index in [0.717, 1.165) is 17.7 Å². The maximum absolute atomic E-state index is 14.2. The van der Waals surface area contributed by atoms with Crippen molar-refractivity contribution in [3.63, 3.8) is 0 Å². The van der Waals surface area contributed by atoms with Gasteiger partial charge in [0.15, 0.2) is 0 Å². The van der Waals surface area contributed by atoms with Crippen molar-refractivity contribution in [3.8, 4) is 17.2 Å². The van der Waals surface area contributed by atoms with E-state index in [9.17, 15) is 28.7 Å². The zero-order valence-corrected chi connectivity index (χ0v) is 28.2. The summed E-state index contributed by atoms with van der Waals surface area (Å²) in [6.45, 7) is 2.22. The number of ether oxygens (including phenoxy) is 3. The third-order valence-corrected chi connectivity index (χ3v) is 7.75. The van der Waals surface area contributed by atoms with Gasteiger partial charge in [0.25, 0.3) is 5.91 Å². The molecule has 0 radical (unpaired) electrons. The number of aliphatic carboxylic acids is 1. The minimum Gasteiger partial charge on any atom is -0.497 e. The van der Waals surface area contributed by atoms with Crippen molar-refractivity contribution in [1.29, 1.82) is 0 Å². The van der Waals surface area contributed by atoms with E-state index in [2.05, 4.69) is 12.2 Å². The van der Waals surface area contributed by atoms with Gasteiger partial charge >= 0.3 is 11.9 Å². The number of benzene rings is 4. The highest BCUT2D eigenvalue weighted by molar-refractivity contribution is 5.97. The Balaban J connectivity index is 1.30. The van der Waals surface area contributed by atoms with Gasteiger partial charge in [0.05, 0.1) is 25.7 Å². The predicted molar refractivity (Wildman–Crippen MR) is 186 cm³/mol. The molecular formula is C39H41FN2O8. The van der Waals surface area contributed by atoms with Crippen LogP contribution < -0.4 is 19.5 Å². The molecule has 262 valence electrons. The summed E-state index contributed by atoms with van der Waals surface area (Å²) in [6, 6.07) is 23.4. The van der Waals surface area contributed by atoms with Gasteiger partial charge in [0.1, 0.15) is 29.6 Å². The van der Waals surface area contributed by atoms with E-state index < -0.39 is 36.1 Å². The first-order valence-electron chi connectivity index (χ1n) is 16.4. The highest BCUT2D eigenvalue weighted by atomic mass is 19.1. The average Bonchev–Trinajstić information content (AvgIpc) is 3.11. The maximum Gasteiger partial charge on any atom is 0.343 e. The number of methoxy groups -OCH3 is 1. The lowest BCUT2D eigenvalue weighted by atomic mass is 10.1. The molecule has 0 saturated heterocycles. The molecule has 0 atom stereocenters. The second-order valence-corrected chi connectivity index (χ2v) is 11.6. The molecule has 10 nitrogen and oxygen atoms in total. The summed E-state index contributed by atoms with van der Waals surface area (Å²) < 4.78 is 30.5. The van der Waals surface area contributed by atoms with Gasteiger partial charge in [-0.05, 0) is 84.3 Å². The van der Waals surface area contributed by atoms with Crippen LogP contribution in [0.3, 0.4) is 0 Å². The van der Waals surface area contributed by atoms with Crippen LogP contribution in [0.1, 0.15) is 70.9 Å². The molecule has 0 unspecified atom stereocenters. The van der Waals surface area contributed by atoms with Gasteiger partial charge < -0.3 is 29.5 Å². The fourth-order valence-corrected chi connectivity index (χ4v) is 5.05. The van der Waals surface area contributed by atoms with Crippen LogP contribution >= 0.6 is 0 Å². The number of amides is 2. The summed E-state index contributed by atoms with van der Waals surface area (Å²) in [6.07, 6.45) is 5.51. The number of carboxylic acid groups (broad SMARTS) is 1. The number of nitrogens with zero attached hydrogens (tertiary/aromatic N) is 1. The van der Waals surface area contributed by atoms with E-state index in [4.69, 9.17) is 14.2 Å².